The van der Waals surface area contributed by atoms with Gasteiger partial charge in [-0.3, -0.25) is 0 Å². The monoisotopic (exact) mass is 609 g/mol. The Morgan fingerprint density at radius 3 is 1.91 bits per heavy atom. The van der Waals surface area contributed by atoms with Crippen LogP contribution >= 0.6 is 0 Å². The number of piperidine rings is 1. The van der Waals surface area contributed by atoms with Crippen LogP contribution in [-0.4, -0.2) is 51.2 Å². The van der Waals surface area contributed by atoms with E-state index in [1.807, 2.05) is 71.6 Å². The highest BCUT2D eigenvalue weighted by molar-refractivity contribution is 7.89. The zero-order valence-electron chi connectivity index (χ0n) is 23.0. The lowest BCUT2D eigenvalue weighted by molar-refractivity contribution is -0.274. The van der Waals surface area contributed by atoms with Gasteiger partial charge >= 0.3 is 6.36 Å². The molecule has 2 heterocycles. The first-order valence-electron chi connectivity index (χ1n) is 13.9. The molecule has 0 bridgehead atoms. The number of rotatable bonds is 6. The van der Waals surface area contributed by atoms with E-state index in [4.69, 9.17) is 0 Å². The van der Waals surface area contributed by atoms with E-state index in [1.165, 1.54) is 0 Å². The summed E-state index contributed by atoms with van der Waals surface area (Å²) in [6.07, 6.45) is -4.40. The summed E-state index contributed by atoms with van der Waals surface area (Å²) >= 11 is 0. The highest BCUT2D eigenvalue weighted by Gasteiger charge is 2.43. The number of alkyl halides is 3. The number of anilines is 3. The van der Waals surface area contributed by atoms with Crippen molar-refractivity contribution in [3.8, 4) is 5.75 Å². The summed E-state index contributed by atoms with van der Waals surface area (Å²) in [5.74, 6) is -0.530. The van der Waals surface area contributed by atoms with Crippen LogP contribution in [0.4, 0.5) is 30.2 Å². The maximum atomic E-state index is 13.5. The number of fused-ring (bicyclic) bond motifs is 2. The van der Waals surface area contributed by atoms with E-state index in [1.54, 1.807) is 0 Å². The highest BCUT2D eigenvalue weighted by atomic mass is 32.2. The molecule has 0 amide bonds. The third-order valence-corrected chi connectivity index (χ3v) is 9.43. The molecule has 2 aliphatic rings. The molecule has 3 atom stereocenters. The number of nitrogens with one attached hydrogen (secondary N) is 1. The van der Waals surface area contributed by atoms with Crippen LogP contribution in [0.3, 0.4) is 0 Å². The van der Waals surface area contributed by atoms with Crippen molar-refractivity contribution in [2.45, 2.75) is 42.3 Å². The van der Waals surface area contributed by atoms with Gasteiger partial charge in [0.15, 0.2) is 0 Å². The number of ether oxygens (including phenoxy) is 1. The molecule has 0 unspecified atom stereocenters. The van der Waals surface area contributed by atoms with Crippen molar-refractivity contribution in [3.05, 3.63) is 114 Å². The summed E-state index contributed by atoms with van der Waals surface area (Å²) < 4.78 is 71.4. The Hall–Kier alpha value is -4.06. The highest BCUT2D eigenvalue weighted by Crippen LogP contribution is 2.40. The second kappa shape index (κ2) is 11.6. The van der Waals surface area contributed by atoms with E-state index in [9.17, 15) is 26.7 Å². The summed E-state index contributed by atoms with van der Waals surface area (Å²) in [6, 6.07) is 28.1. The van der Waals surface area contributed by atoms with Gasteiger partial charge in [0.2, 0.25) is 10.0 Å². The second-order valence-electron chi connectivity index (χ2n) is 10.7. The molecule has 224 valence electrons. The van der Waals surface area contributed by atoms with Crippen molar-refractivity contribution in [3.63, 3.8) is 0 Å². The molecule has 0 radical (unpaired) electrons. The first-order chi connectivity index (χ1) is 20.6. The van der Waals surface area contributed by atoms with Crippen LogP contribution in [0, 0.1) is 0 Å². The second-order valence-corrected chi connectivity index (χ2v) is 12.4. The fraction of sp³-hybridized carbons (Fsp3) is 0.250. The van der Waals surface area contributed by atoms with E-state index in [0.29, 0.717) is 6.54 Å². The molecule has 0 aliphatic carbocycles. The summed E-state index contributed by atoms with van der Waals surface area (Å²) in [7, 11) is -4.23. The molecule has 6 rings (SSSR count). The molecule has 0 spiro atoms. The van der Waals surface area contributed by atoms with Crippen LogP contribution < -0.4 is 19.3 Å². The van der Waals surface area contributed by atoms with Gasteiger partial charge in [0.05, 0.1) is 23.1 Å². The van der Waals surface area contributed by atoms with E-state index in [2.05, 4.69) is 26.5 Å². The average Bonchev–Trinajstić information content (AvgIpc) is 3.15. The minimum absolute atomic E-state index is 0.174. The van der Waals surface area contributed by atoms with Crippen molar-refractivity contribution < 1.29 is 31.4 Å². The molecule has 0 saturated carbocycles. The molecule has 7 nitrogen and oxygen atoms in total. The van der Waals surface area contributed by atoms with Gasteiger partial charge in [-0.15, -0.1) is 13.2 Å². The Kier molecular flexibility index (Phi) is 7.80. The third kappa shape index (κ3) is 6.20. The van der Waals surface area contributed by atoms with Crippen LogP contribution in [0.15, 0.2) is 108 Å². The molecule has 11 heteroatoms. The Morgan fingerprint density at radius 1 is 0.767 bits per heavy atom. The number of hydrogen-bond acceptors (Lipinski definition) is 6. The molecule has 4 aromatic rings. The quantitative estimate of drug-likeness (QED) is 0.304. The lowest BCUT2D eigenvalue weighted by atomic mass is 9.94. The van der Waals surface area contributed by atoms with E-state index in [-0.39, 0.29) is 11.4 Å². The van der Waals surface area contributed by atoms with Crippen molar-refractivity contribution in [2.24, 2.45) is 0 Å². The minimum Gasteiger partial charge on any atom is -0.406 e. The topological polar surface area (TPSA) is 82.1 Å². The predicted octanol–water partition coefficient (Wildman–Crippen LogP) is 5.42. The number of hydrogen-bond donors (Lipinski definition) is 2. The number of aryl methyl sites for hydroxylation is 2. The number of nitrogens with zero attached hydrogens (tertiary/aromatic N) is 2. The summed E-state index contributed by atoms with van der Waals surface area (Å²) in [5, 5.41) is 11.9. The smallest absolute Gasteiger partial charge is 0.406 e. The number of para-hydroxylation sites is 3. The predicted molar refractivity (Wildman–Crippen MR) is 158 cm³/mol. The number of aliphatic hydroxyl groups excluding tert-OH is 1. The maximum Gasteiger partial charge on any atom is 0.573 e. The number of halogens is 3. The molecule has 1 fully saturated rings. The van der Waals surface area contributed by atoms with Gasteiger partial charge < -0.3 is 19.6 Å². The number of benzene rings is 4. The first-order valence-corrected chi connectivity index (χ1v) is 15.4. The van der Waals surface area contributed by atoms with Gasteiger partial charge in [-0.2, -0.15) is 0 Å². The average molecular weight is 610 g/mol. The van der Waals surface area contributed by atoms with Gasteiger partial charge in [-0.25, -0.2) is 13.1 Å². The Balaban J connectivity index is 1.38. The first kappa shape index (κ1) is 29.0. The fourth-order valence-corrected chi connectivity index (χ4v) is 7.21. The summed E-state index contributed by atoms with van der Waals surface area (Å²) in [5.41, 5.74) is 5.03. The molecule has 2 aliphatic heterocycles. The standard InChI is InChI=1S/C32H30F3N3O4S/c33-32(34,35)42-25-16-18-26(19-17-25)43(40,41)36-27-20-37(24-10-2-1-3-11-24)21-30(31(27)39)38-28-12-6-4-8-22(28)14-15-23-9-5-7-13-29(23)38/h1-13,16-19,27,30-31,36,39H,14-15,20-21H2/t27-,30+,31+/m1/s1. The molecule has 0 aromatic heterocycles. The van der Waals surface area contributed by atoms with Crippen LogP contribution in [0.2, 0.25) is 0 Å². The number of aliphatic hydroxyl groups is 1. The Bertz CT molecular complexity index is 1640. The van der Waals surface area contributed by atoms with Crippen LogP contribution in [-0.2, 0) is 22.9 Å². The van der Waals surface area contributed by atoms with Gasteiger partial charge in [-0.1, -0.05) is 54.6 Å². The molecule has 2 N–H and O–H groups in total. The zero-order valence-corrected chi connectivity index (χ0v) is 23.8. The van der Waals surface area contributed by atoms with Crippen molar-refractivity contribution in [1.82, 2.24) is 4.72 Å². The summed E-state index contributed by atoms with van der Waals surface area (Å²) in [6.45, 7) is 0.586. The van der Waals surface area contributed by atoms with Crippen molar-refractivity contribution >= 4 is 27.1 Å². The van der Waals surface area contributed by atoms with E-state index < -0.39 is 40.3 Å². The zero-order chi connectivity index (χ0) is 30.2. The third-order valence-electron chi connectivity index (χ3n) is 7.92. The molecular weight excluding hydrogens is 579 g/mol. The van der Waals surface area contributed by atoms with E-state index in [0.717, 1.165) is 65.3 Å². The van der Waals surface area contributed by atoms with Gasteiger partial charge in [0.1, 0.15) is 5.75 Å². The van der Waals surface area contributed by atoms with Crippen LogP contribution in [0.25, 0.3) is 0 Å². The SMILES string of the molecule is O=S(=O)(N[C@@H]1CN(c2ccccc2)C[C@H](N2c3ccccc3CCc3ccccc32)[C@H]1O)c1ccc(OC(F)(F)F)cc1. The maximum absolute atomic E-state index is 13.5. The van der Waals surface area contributed by atoms with Crippen LogP contribution in [0.1, 0.15) is 11.1 Å². The van der Waals surface area contributed by atoms with E-state index >= 15 is 0 Å². The fourth-order valence-electron chi connectivity index (χ4n) is 5.97. The van der Waals surface area contributed by atoms with Crippen molar-refractivity contribution in [1.29, 1.82) is 0 Å². The molecular formula is C32H30F3N3O4S. The minimum atomic E-state index is -4.90. The lowest BCUT2D eigenvalue weighted by Crippen LogP contribution is -2.65. The summed E-state index contributed by atoms with van der Waals surface area (Å²) in [4.78, 5) is 3.93. The number of sulfonamides is 1. The molecule has 4 aromatic carbocycles. The normalized spacial score (nSPS) is 20.6. The van der Waals surface area contributed by atoms with Gasteiger partial charge in [0, 0.05) is 30.2 Å². The van der Waals surface area contributed by atoms with Gasteiger partial charge in [-0.05, 0) is 72.5 Å². The lowest BCUT2D eigenvalue weighted by Gasteiger charge is -2.48. The Labute approximate surface area is 248 Å². The largest absolute Gasteiger partial charge is 0.573 e. The van der Waals surface area contributed by atoms with Crippen molar-refractivity contribution in [2.75, 3.05) is 22.9 Å². The van der Waals surface area contributed by atoms with Gasteiger partial charge in [0.25, 0.3) is 0 Å². The van der Waals surface area contributed by atoms with Crippen LogP contribution in [0.5, 0.6) is 5.75 Å². The Morgan fingerprint density at radius 2 is 1.33 bits per heavy atom. The molecule has 1 saturated heterocycles. The molecule has 43 heavy (non-hydrogen) atoms.